The molecule has 0 aliphatic carbocycles. The number of methoxy groups -OCH3 is 1. The fraction of sp³-hybridized carbons (Fsp3) is 0.333. The number of benzene rings is 2. The van der Waals surface area contributed by atoms with E-state index in [2.05, 4.69) is 24.3 Å². The van der Waals surface area contributed by atoms with E-state index in [0.717, 1.165) is 19.0 Å². The topological polar surface area (TPSA) is 44.5 Å². The number of hydrogen-bond donors (Lipinski definition) is 1. The van der Waals surface area contributed by atoms with Gasteiger partial charge in [-0.2, -0.15) is 0 Å². The fourth-order valence-electron chi connectivity index (χ4n) is 2.43. The molecule has 1 saturated heterocycles. The van der Waals surface area contributed by atoms with Crippen molar-refractivity contribution in [2.75, 3.05) is 26.9 Å². The Kier molecular flexibility index (Phi) is 2.73. The maximum atomic E-state index is 5.89. The zero-order valence-corrected chi connectivity index (χ0v) is 10.5. The summed E-state index contributed by atoms with van der Waals surface area (Å²) in [4.78, 5) is 0. The molecular weight excluding hydrogens is 226 g/mol. The summed E-state index contributed by atoms with van der Waals surface area (Å²) in [5.41, 5.74) is 7.18. The molecule has 0 amide bonds. The van der Waals surface area contributed by atoms with Crippen LogP contribution in [0.3, 0.4) is 0 Å². The standard InChI is InChI=1S/C15H17NO2/c1-17-14-5-3-11-6-13(4-2-12(11)7-14)15(8-16)9-18-10-15/h2-7H,8-10,16H2,1H3. The first-order chi connectivity index (χ1) is 8.77. The van der Waals surface area contributed by atoms with Crippen molar-refractivity contribution in [3.05, 3.63) is 42.0 Å². The Morgan fingerprint density at radius 1 is 1.17 bits per heavy atom. The first-order valence-corrected chi connectivity index (χ1v) is 6.13. The highest BCUT2D eigenvalue weighted by Crippen LogP contribution is 2.33. The second kappa shape index (κ2) is 4.26. The molecule has 18 heavy (non-hydrogen) atoms. The Labute approximate surface area is 106 Å². The van der Waals surface area contributed by atoms with Gasteiger partial charge in [-0.25, -0.2) is 0 Å². The third kappa shape index (κ3) is 1.67. The van der Waals surface area contributed by atoms with Crippen LogP contribution >= 0.6 is 0 Å². The van der Waals surface area contributed by atoms with Crippen molar-refractivity contribution in [1.29, 1.82) is 0 Å². The predicted molar refractivity (Wildman–Crippen MR) is 72.1 cm³/mol. The molecule has 0 saturated carbocycles. The van der Waals surface area contributed by atoms with Crippen LogP contribution in [0.4, 0.5) is 0 Å². The van der Waals surface area contributed by atoms with Crippen LogP contribution in [-0.2, 0) is 10.2 Å². The van der Waals surface area contributed by atoms with Gasteiger partial charge in [0.1, 0.15) is 5.75 Å². The molecule has 0 bridgehead atoms. The average molecular weight is 243 g/mol. The molecule has 3 nitrogen and oxygen atoms in total. The maximum Gasteiger partial charge on any atom is 0.119 e. The van der Waals surface area contributed by atoms with Gasteiger partial charge in [0.05, 0.1) is 25.7 Å². The van der Waals surface area contributed by atoms with E-state index in [4.69, 9.17) is 15.2 Å². The first kappa shape index (κ1) is 11.5. The lowest BCUT2D eigenvalue weighted by atomic mass is 9.78. The quantitative estimate of drug-likeness (QED) is 0.897. The minimum atomic E-state index is 0.0219. The zero-order valence-electron chi connectivity index (χ0n) is 10.5. The lowest BCUT2D eigenvalue weighted by Crippen LogP contribution is -2.52. The predicted octanol–water partition coefficient (Wildman–Crippen LogP) is 2.08. The van der Waals surface area contributed by atoms with Gasteiger partial charge < -0.3 is 15.2 Å². The third-order valence-electron chi connectivity index (χ3n) is 3.81. The summed E-state index contributed by atoms with van der Waals surface area (Å²) in [7, 11) is 1.69. The molecular formula is C15H17NO2. The second-order valence-electron chi connectivity index (χ2n) is 4.91. The van der Waals surface area contributed by atoms with Crippen LogP contribution in [0.1, 0.15) is 5.56 Å². The minimum absolute atomic E-state index is 0.0219. The van der Waals surface area contributed by atoms with Crippen LogP contribution < -0.4 is 10.5 Å². The summed E-state index contributed by atoms with van der Waals surface area (Å²) in [6.07, 6.45) is 0. The Hall–Kier alpha value is -1.58. The van der Waals surface area contributed by atoms with Crippen LogP contribution in [0.2, 0.25) is 0 Å². The Bertz CT molecular complexity index is 570. The molecule has 1 aliphatic rings. The molecule has 0 radical (unpaired) electrons. The van der Waals surface area contributed by atoms with Crippen LogP contribution in [0.25, 0.3) is 10.8 Å². The zero-order chi connectivity index (χ0) is 12.6. The van der Waals surface area contributed by atoms with Gasteiger partial charge in [0.2, 0.25) is 0 Å². The van der Waals surface area contributed by atoms with Crippen molar-refractivity contribution in [3.63, 3.8) is 0 Å². The minimum Gasteiger partial charge on any atom is -0.497 e. The lowest BCUT2D eigenvalue weighted by molar-refractivity contribution is -0.0549. The van der Waals surface area contributed by atoms with Gasteiger partial charge in [0.25, 0.3) is 0 Å². The van der Waals surface area contributed by atoms with Crippen molar-refractivity contribution in [3.8, 4) is 5.75 Å². The third-order valence-corrected chi connectivity index (χ3v) is 3.81. The summed E-state index contributed by atoms with van der Waals surface area (Å²) in [6, 6.07) is 12.6. The molecule has 3 rings (SSSR count). The molecule has 2 aromatic rings. The Balaban J connectivity index is 2.06. The number of ether oxygens (including phenoxy) is 2. The van der Waals surface area contributed by atoms with E-state index >= 15 is 0 Å². The van der Waals surface area contributed by atoms with Crippen molar-refractivity contribution >= 4 is 10.8 Å². The van der Waals surface area contributed by atoms with Gasteiger partial charge in [0, 0.05) is 6.54 Å². The monoisotopic (exact) mass is 243 g/mol. The van der Waals surface area contributed by atoms with E-state index in [9.17, 15) is 0 Å². The van der Waals surface area contributed by atoms with Gasteiger partial charge in [-0.05, 0) is 28.5 Å². The lowest BCUT2D eigenvalue weighted by Gasteiger charge is -2.41. The Morgan fingerprint density at radius 3 is 2.50 bits per heavy atom. The number of hydrogen-bond acceptors (Lipinski definition) is 3. The van der Waals surface area contributed by atoms with Crippen LogP contribution in [0.15, 0.2) is 36.4 Å². The van der Waals surface area contributed by atoms with E-state index in [-0.39, 0.29) is 5.41 Å². The highest BCUT2D eigenvalue weighted by Gasteiger charge is 2.38. The second-order valence-corrected chi connectivity index (χ2v) is 4.91. The van der Waals surface area contributed by atoms with Crippen LogP contribution in [-0.4, -0.2) is 26.9 Å². The summed E-state index contributed by atoms with van der Waals surface area (Å²) in [6.45, 7) is 2.09. The van der Waals surface area contributed by atoms with Crippen molar-refractivity contribution in [2.24, 2.45) is 5.73 Å². The molecule has 3 heteroatoms. The molecule has 0 atom stereocenters. The molecule has 1 fully saturated rings. The molecule has 2 aromatic carbocycles. The van der Waals surface area contributed by atoms with E-state index in [1.165, 1.54) is 16.3 Å². The molecule has 1 heterocycles. The van der Waals surface area contributed by atoms with Gasteiger partial charge in [-0.1, -0.05) is 24.3 Å². The smallest absolute Gasteiger partial charge is 0.119 e. The van der Waals surface area contributed by atoms with Crippen molar-refractivity contribution < 1.29 is 9.47 Å². The van der Waals surface area contributed by atoms with Gasteiger partial charge in [-0.15, -0.1) is 0 Å². The SMILES string of the molecule is COc1ccc2cc(C3(CN)COC3)ccc2c1. The summed E-state index contributed by atoms with van der Waals surface area (Å²) in [5, 5.41) is 2.40. The molecule has 2 N–H and O–H groups in total. The first-order valence-electron chi connectivity index (χ1n) is 6.13. The number of fused-ring (bicyclic) bond motifs is 1. The molecule has 0 unspecified atom stereocenters. The molecule has 0 spiro atoms. The molecule has 0 aromatic heterocycles. The normalized spacial score (nSPS) is 17.4. The Morgan fingerprint density at radius 2 is 1.89 bits per heavy atom. The van der Waals surface area contributed by atoms with Crippen LogP contribution in [0.5, 0.6) is 5.75 Å². The number of rotatable bonds is 3. The van der Waals surface area contributed by atoms with Gasteiger partial charge in [-0.3, -0.25) is 0 Å². The van der Waals surface area contributed by atoms with E-state index in [0.29, 0.717) is 6.54 Å². The molecule has 94 valence electrons. The maximum absolute atomic E-state index is 5.89. The van der Waals surface area contributed by atoms with Crippen molar-refractivity contribution in [2.45, 2.75) is 5.41 Å². The van der Waals surface area contributed by atoms with Gasteiger partial charge in [0.15, 0.2) is 0 Å². The van der Waals surface area contributed by atoms with E-state index < -0.39 is 0 Å². The molecule has 1 aliphatic heterocycles. The van der Waals surface area contributed by atoms with Gasteiger partial charge >= 0.3 is 0 Å². The highest BCUT2D eigenvalue weighted by atomic mass is 16.5. The highest BCUT2D eigenvalue weighted by molar-refractivity contribution is 5.84. The van der Waals surface area contributed by atoms with Crippen LogP contribution in [0, 0.1) is 0 Å². The van der Waals surface area contributed by atoms with E-state index in [1.807, 2.05) is 12.1 Å². The fourth-order valence-corrected chi connectivity index (χ4v) is 2.43. The summed E-state index contributed by atoms with van der Waals surface area (Å²) < 4.78 is 10.6. The summed E-state index contributed by atoms with van der Waals surface area (Å²) >= 11 is 0. The van der Waals surface area contributed by atoms with E-state index in [1.54, 1.807) is 7.11 Å². The largest absolute Gasteiger partial charge is 0.497 e. The average Bonchev–Trinajstić information content (AvgIpc) is 2.37. The summed E-state index contributed by atoms with van der Waals surface area (Å²) in [5.74, 6) is 0.885. The van der Waals surface area contributed by atoms with Crippen molar-refractivity contribution in [1.82, 2.24) is 0 Å². The number of nitrogens with two attached hydrogens (primary N) is 1.